The maximum Gasteiger partial charge on any atom is 0.198 e. The lowest BCUT2D eigenvalue weighted by Gasteiger charge is -2.36. The lowest BCUT2D eigenvalue weighted by Crippen LogP contribution is -2.41. The van der Waals surface area contributed by atoms with Crippen LogP contribution in [0.5, 0.6) is 0 Å². The number of anilines is 3. The zero-order valence-corrected chi connectivity index (χ0v) is 33.7. The molecule has 0 atom stereocenters. The summed E-state index contributed by atoms with van der Waals surface area (Å²) in [6, 6.07) is 61.0. The summed E-state index contributed by atoms with van der Waals surface area (Å²) in [5.74, 6) is 0. The summed E-state index contributed by atoms with van der Waals surface area (Å²) < 4.78 is 0. The fraction of sp³-hybridized carbons (Fsp3) is 0.148. The molecule has 3 heteroatoms. The highest BCUT2D eigenvalue weighted by molar-refractivity contribution is 6.74. The van der Waals surface area contributed by atoms with Crippen molar-refractivity contribution in [1.82, 2.24) is 4.98 Å². The van der Waals surface area contributed by atoms with Gasteiger partial charge in [-0.05, 0) is 115 Å². The molecule has 1 N–H and O–H groups in total. The van der Waals surface area contributed by atoms with Crippen LogP contribution in [0.15, 0.2) is 164 Å². The van der Waals surface area contributed by atoms with Gasteiger partial charge in [0.15, 0.2) is 7.28 Å². The Labute approximate surface area is 337 Å². The lowest BCUT2D eigenvalue weighted by atomic mass is 9.57. The molecule has 0 aliphatic carbocycles. The van der Waals surface area contributed by atoms with Gasteiger partial charge in [0.25, 0.3) is 0 Å². The molecule has 2 nitrogen and oxygen atoms in total. The number of nitrogens with zero attached hydrogens (tertiary/aromatic N) is 1. The van der Waals surface area contributed by atoms with Crippen LogP contribution in [-0.2, 0) is 10.8 Å². The smallest absolute Gasteiger partial charge is 0.198 e. The molecule has 0 radical (unpaired) electrons. The SMILES string of the molecule is CC(C)(C)c1ccc2[nH]c3c(-c4c5c(cc6ccccc46)N(c4ccc(-c6ccccc6)cc4)c4ccc(-c6ccccc6)cc4B5)cc(C(C)(C)C)cc3c2c1. The Morgan fingerprint density at radius 3 is 1.79 bits per heavy atom. The van der Waals surface area contributed by atoms with Crippen molar-refractivity contribution in [2.24, 2.45) is 0 Å². The van der Waals surface area contributed by atoms with Crippen molar-refractivity contribution in [3.05, 3.63) is 175 Å². The summed E-state index contributed by atoms with van der Waals surface area (Å²) >= 11 is 0. The van der Waals surface area contributed by atoms with Crippen molar-refractivity contribution < 1.29 is 0 Å². The Kier molecular flexibility index (Phi) is 8.09. The van der Waals surface area contributed by atoms with Crippen molar-refractivity contribution in [2.45, 2.75) is 52.4 Å². The van der Waals surface area contributed by atoms with Gasteiger partial charge < -0.3 is 9.88 Å². The third-order valence-corrected chi connectivity index (χ3v) is 12.1. The molecule has 0 amide bonds. The summed E-state index contributed by atoms with van der Waals surface area (Å²) in [6.07, 6.45) is 0. The van der Waals surface area contributed by atoms with E-state index < -0.39 is 0 Å². The topological polar surface area (TPSA) is 19.0 Å². The van der Waals surface area contributed by atoms with Crippen LogP contribution in [0, 0.1) is 0 Å². The number of rotatable bonds is 4. The van der Waals surface area contributed by atoms with Gasteiger partial charge in [-0.2, -0.15) is 0 Å². The molecule has 10 rings (SSSR count). The highest BCUT2D eigenvalue weighted by Gasteiger charge is 2.31. The maximum absolute atomic E-state index is 3.97. The summed E-state index contributed by atoms with van der Waals surface area (Å²) in [5, 5.41) is 5.09. The molecule has 1 aliphatic heterocycles. The highest BCUT2D eigenvalue weighted by Crippen LogP contribution is 2.45. The zero-order valence-electron chi connectivity index (χ0n) is 33.7. The largest absolute Gasteiger partial charge is 0.354 e. The first kappa shape index (κ1) is 35.1. The monoisotopic (exact) mass is 734 g/mol. The Morgan fingerprint density at radius 1 is 0.474 bits per heavy atom. The molecule has 0 saturated heterocycles. The van der Waals surface area contributed by atoms with Crippen molar-refractivity contribution in [3.63, 3.8) is 0 Å². The molecule has 0 unspecified atom stereocenters. The number of H-pyrrole nitrogens is 1. The molecule has 1 aromatic heterocycles. The maximum atomic E-state index is 3.97. The zero-order chi connectivity index (χ0) is 39.1. The molecule has 0 spiro atoms. The molecule has 8 aromatic carbocycles. The van der Waals surface area contributed by atoms with Crippen LogP contribution in [0.2, 0.25) is 0 Å². The predicted octanol–water partition coefficient (Wildman–Crippen LogP) is 13.2. The summed E-state index contributed by atoms with van der Waals surface area (Å²) in [7, 11) is 0.819. The average molecular weight is 735 g/mol. The van der Waals surface area contributed by atoms with Crippen LogP contribution in [-0.4, -0.2) is 12.3 Å². The Bertz CT molecular complexity index is 2980. The van der Waals surface area contributed by atoms with Crippen molar-refractivity contribution in [1.29, 1.82) is 0 Å². The van der Waals surface area contributed by atoms with Gasteiger partial charge in [-0.3, -0.25) is 0 Å². The molecule has 0 fully saturated rings. The quantitative estimate of drug-likeness (QED) is 0.178. The first-order valence-corrected chi connectivity index (χ1v) is 20.3. The first-order chi connectivity index (χ1) is 27.5. The summed E-state index contributed by atoms with van der Waals surface area (Å²) in [6.45, 7) is 13.9. The molecule has 57 heavy (non-hydrogen) atoms. The number of aromatic amines is 1. The van der Waals surface area contributed by atoms with Gasteiger partial charge in [-0.1, -0.05) is 162 Å². The molecule has 0 bridgehead atoms. The fourth-order valence-electron chi connectivity index (χ4n) is 8.95. The van der Waals surface area contributed by atoms with E-state index in [1.165, 1.54) is 99.4 Å². The van der Waals surface area contributed by atoms with E-state index in [1.807, 2.05) is 0 Å². The van der Waals surface area contributed by atoms with Crippen molar-refractivity contribution in [3.8, 4) is 33.4 Å². The third-order valence-electron chi connectivity index (χ3n) is 12.1. The van der Waals surface area contributed by atoms with Gasteiger partial charge in [0.05, 0.1) is 5.52 Å². The average Bonchev–Trinajstić information content (AvgIpc) is 3.60. The Morgan fingerprint density at radius 2 is 1.09 bits per heavy atom. The highest BCUT2D eigenvalue weighted by atomic mass is 15.1. The summed E-state index contributed by atoms with van der Waals surface area (Å²) in [4.78, 5) is 6.49. The summed E-state index contributed by atoms with van der Waals surface area (Å²) in [5.41, 5.74) is 18.8. The molecule has 9 aromatic rings. The van der Waals surface area contributed by atoms with E-state index in [9.17, 15) is 0 Å². The van der Waals surface area contributed by atoms with Gasteiger partial charge in [0.2, 0.25) is 0 Å². The normalized spacial score (nSPS) is 12.8. The van der Waals surface area contributed by atoms with E-state index in [4.69, 9.17) is 0 Å². The van der Waals surface area contributed by atoms with Gasteiger partial charge in [0.1, 0.15) is 0 Å². The number of nitrogens with one attached hydrogen (secondary N) is 1. The van der Waals surface area contributed by atoms with Crippen molar-refractivity contribution in [2.75, 3.05) is 4.90 Å². The van der Waals surface area contributed by atoms with Gasteiger partial charge >= 0.3 is 0 Å². The fourth-order valence-corrected chi connectivity index (χ4v) is 8.95. The minimum Gasteiger partial charge on any atom is -0.354 e. The molecule has 2 heterocycles. The predicted molar refractivity (Wildman–Crippen MR) is 248 cm³/mol. The number of benzene rings is 8. The third kappa shape index (κ3) is 6.05. The molecular weight excluding hydrogens is 687 g/mol. The number of aromatic nitrogens is 1. The minimum atomic E-state index is -0.0530. The second kappa shape index (κ2) is 13.1. The minimum absolute atomic E-state index is 0.0473. The number of hydrogen-bond acceptors (Lipinski definition) is 1. The van der Waals surface area contributed by atoms with E-state index in [2.05, 4.69) is 215 Å². The second-order valence-corrected chi connectivity index (χ2v) is 17.9. The van der Waals surface area contributed by atoms with Gasteiger partial charge in [-0.15, -0.1) is 0 Å². The van der Waals surface area contributed by atoms with Gasteiger partial charge in [-0.25, -0.2) is 0 Å². The number of hydrogen-bond donors (Lipinski definition) is 1. The van der Waals surface area contributed by atoms with E-state index in [-0.39, 0.29) is 10.8 Å². The molecule has 1 aliphatic rings. The molecule has 0 saturated carbocycles. The second-order valence-electron chi connectivity index (χ2n) is 17.9. The van der Waals surface area contributed by atoms with E-state index in [0.717, 1.165) is 13.0 Å². The van der Waals surface area contributed by atoms with Crippen LogP contribution in [0.4, 0.5) is 17.1 Å². The Hall–Kier alpha value is -6.32. The van der Waals surface area contributed by atoms with Crippen LogP contribution in [0.1, 0.15) is 52.7 Å². The van der Waals surface area contributed by atoms with Gasteiger partial charge in [0, 0.05) is 38.9 Å². The van der Waals surface area contributed by atoms with Crippen LogP contribution >= 0.6 is 0 Å². The van der Waals surface area contributed by atoms with Crippen LogP contribution in [0.3, 0.4) is 0 Å². The molecular formula is C54H47BN2. The van der Waals surface area contributed by atoms with E-state index in [0.29, 0.717) is 0 Å². The number of fused-ring (bicyclic) bond motifs is 6. The van der Waals surface area contributed by atoms with Crippen LogP contribution in [0.25, 0.3) is 66.0 Å². The van der Waals surface area contributed by atoms with E-state index in [1.54, 1.807) is 0 Å². The Balaban J connectivity index is 1.28. The molecule has 276 valence electrons. The van der Waals surface area contributed by atoms with Crippen LogP contribution < -0.4 is 15.8 Å². The van der Waals surface area contributed by atoms with Crippen molar-refractivity contribution >= 4 is 67.8 Å². The first-order valence-electron chi connectivity index (χ1n) is 20.3. The lowest BCUT2D eigenvalue weighted by molar-refractivity contribution is 0.590. The van der Waals surface area contributed by atoms with E-state index >= 15 is 0 Å². The standard InChI is InChI=1S/C54H47BN2/c1-53(2,3)39-24-27-47-43(31-39)44-32-40(54(4,5)6)33-45(52(44)56-47)50-42-20-14-13-19-38(42)30-49-51(50)55-46-29-37(35-17-11-8-12-18-35)23-28-48(46)57(49)41-25-21-36(22-26-41)34-15-9-7-10-16-34/h7-33,55-56H,1-6H3.